The Morgan fingerprint density at radius 3 is 2.42 bits per heavy atom. The summed E-state index contributed by atoms with van der Waals surface area (Å²) in [6.07, 6.45) is 2.92. The van der Waals surface area contributed by atoms with Crippen molar-refractivity contribution in [2.75, 3.05) is 13.7 Å². The van der Waals surface area contributed by atoms with Crippen LogP contribution in [0.15, 0.2) is 23.3 Å². The maximum atomic E-state index is 13.0. The van der Waals surface area contributed by atoms with Crippen molar-refractivity contribution in [3.8, 4) is 0 Å². The largest absolute Gasteiger partial charge is 0.456 e. The molecule has 0 saturated heterocycles. The summed E-state index contributed by atoms with van der Waals surface area (Å²) in [5, 5.41) is 33.3. The van der Waals surface area contributed by atoms with Crippen molar-refractivity contribution < 1.29 is 34.4 Å². The Morgan fingerprint density at radius 2 is 1.94 bits per heavy atom. The smallest absolute Gasteiger partial charge is 0.303 e. The fourth-order valence-electron chi connectivity index (χ4n) is 6.56. The third kappa shape index (κ3) is 3.08. The molecule has 7 heteroatoms. The molecule has 1 unspecified atom stereocenters. The summed E-state index contributed by atoms with van der Waals surface area (Å²) >= 11 is 0. The third-order valence-electron chi connectivity index (χ3n) is 8.40. The van der Waals surface area contributed by atoms with Gasteiger partial charge in [0.1, 0.15) is 17.3 Å². The van der Waals surface area contributed by atoms with Crippen LogP contribution >= 0.6 is 0 Å². The maximum Gasteiger partial charge on any atom is 0.303 e. The molecule has 174 valence electrons. The number of aliphatic hydroxyl groups is 3. The van der Waals surface area contributed by atoms with Crippen molar-refractivity contribution in [2.24, 2.45) is 23.2 Å². The summed E-state index contributed by atoms with van der Waals surface area (Å²) in [5.74, 6) is -2.45. The molecule has 0 heterocycles. The normalized spacial score (nSPS) is 44.0. The molecule has 3 aliphatic carbocycles. The minimum absolute atomic E-state index is 0.0623. The van der Waals surface area contributed by atoms with Gasteiger partial charge >= 0.3 is 5.97 Å². The quantitative estimate of drug-likeness (QED) is 0.431. The van der Waals surface area contributed by atoms with E-state index in [0.717, 1.165) is 0 Å². The number of esters is 1. The van der Waals surface area contributed by atoms with Crippen LogP contribution in [-0.2, 0) is 19.1 Å². The van der Waals surface area contributed by atoms with Crippen LogP contribution in [0.4, 0.5) is 0 Å². The topological polar surface area (TPSA) is 113 Å². The summed E-state index contributed by atoms with van der Waals surface area (Å²) in [6.45, 7) is 10.3. The second kappa shape index (κ2) is 7.51. The van der Waals surface area contributed by atoms with E-state index in [1.54, 1.807) is 26.0 Å². The van der Waals surface area contributed by atoms with Crippen LogP contribution in [-0.4, -0.2) is 63.7 Å². The first-order chi connectivity index (χ1) is 14.3. The molecule has 2 saturated carbocycles. The average molecular weight is 437 g/mol. The zero-order valence-corrected chi connectivity index (χ0v) is 19.6. The number of carbonyl (C=O) groups is 2. The first kappa shape index (κ1) is 24.1. The summed E-state index contributed by atoms with van der Waals surface area (Å²) in [7, 11) is 1.53. The molecule has 0 bridgehead atoms. The molecule has 0 radical (unpaired) electrons. The van der Waals surface area contributed by atoms with Gasteiger partial charge in [0.05, 0.1) is 12.2 Å². The number of methoxy groups -OCH3 is 1. The lowest BCUT2D eigenvalue weighted by Gasteiger charge is -2.50. The minimum atomic E-state index is -1.86. The second-order valence-electron chi connectivity index (χ2n) is 10.2. The van der Waals surface area contributed by atoms with Crippen molar-refractivity contribution in [3.05, 3.63) is 23.3 Å². The van der Waals surface area contributed by atoms with E-state index in [1.807, 2.05) is 20.8 Å². The van der Waals surface area contributed by atoms with Gasteiger partial charge in [0, 0.05) is 43.6 Å². The standard InChI is InChI=1S/C24H36O7/c1-8-16(12-25)10-23(29)17(9-13(2)19(23)27)22(28)11-18-21(5,6)24(18,31-15(4)26)20(30-7)14(22)3/h8-9,14,17-18,20,25,28-29H,10-12H2,1-7H3/b16-8+/t14-,17+,18?,20-,22+,23-,24-/m1/s1. The van der Waals surface area contributed by atoms with Gasteiger partial charge in [-0.3, -0.25) is 9.59 Å². The van der Waals surface area contributed by atoms with E-state index in [1.165, 1.54) is 14.0 Å². The number of ether oxygens (including phenoxy) is 2. The number of rotatable bonds is 6. The Morgan fingerprint density at radius 1 is 1.32 bits per heavy atom. The molecule has 31 heavy (non-hydrogen) atoms. The summed E-state index contributed by atoms with van der Waals surface area (Å²) in [4.78, 5) is 25.0. The van der Waals surface area contributed by atoms with Crippen LogP contribution in [0, 0.1) is 23.2 Å². The van der Waals surface area contributed by atoms with Crippen LogP contribution in [0.25, 0.3) is 0 Å². The number of hydrogen-bond acceptors (Lipinski definition) is 7. The molecule has 0 amide bonds. The van der Waals surface area contributed by atoms with E-state index in [4.69, 9.17) is 9.47 Å². The van der Waals surface area contributed by atoms with Crippen molar-refractivity contribution >= 4 is 11.8 Å². The first-order valence-electron chi connectivity index (χ1n) is 10.9. The van der Waals surface area contributed by atoms with Gasteiger partial charge in [0.25, 0.3) is 0 Å². The van der Waals surface area contributed by atoms with E-state index in [-0.39, 0.29) is 25.4 Å². The van der Waals surface area contributed by atoms with Crippen LogP contribution in [0.1, 0.15) is 54.4 Å². The number of Topliss-reactive ketones (excluding diaryl/α,β-unsaturated/α-hetero) is 1. The summed E-state index contributed by atoms with van der Waals surface area (Å²) < 4.78 is 11.7. The lowest BCUT2D eigenvalue weighted by molar-refractivity contribution is -0.213. The fourth-order valence-corrected chi connectivity index (χ4v) is 6.56. The predicted molar refractivity (Wildman–Crippen MR) is 114 cm³/mol. The Hall–Kier alpha value is -1.54. The monoisotopic (exact) mass is 436 g/mol. The fraction of sp³-hybridized carbons (Fsp3) is 0.750. The Kier molecular flexibility index (Phi) is 5.84. The van der Waals surface area contributed by atoms with Crippen molar-refractivity contribution in [1.82, 2.24) is 0 Å². The van der Waals surface area contributed by atoms with Gasteiger partial charge in [0.15, 0.2) is 5.78 Å². The van der Waals surface area contributed by atoms with Crippen molar-refractivity contribution in [2.45, 2.75) is 77.3 Å². The highest BCUT2D eigenvalue weighted by molar-refractivity contribution is 6.04. The molecular weight excluding hydrogens is 400 g/mol. The molecule has 0 spiro atoms. The van der Waals surface area contributed by atoms with E-state index in [9.17, 15) is 24.9 Å². The van der Waals surface area contributed by atoms with Gasteiger partial charge in [-0.2, -0.15) is 0 Å². The lowest BCUT2D eigenvalue weighted by atomic mass is 9.62. The number of hydrogen-bond donors (Lipinski definition) is 3. The van der Waals surface area contributed by atoms with Gasteiger partial charge in [-0.05, 0) is 31.4 Å². The van der Waals surface area contributed by atoms with Gasteiger partial charge < -0.3 is 24.8 Å². The van der Waals surface area contributed by atoms with Crippen LogP contribution < -0.4 is 0 Å². The molecule has 0 aromatic carbocycles. The number of allylic oxidation sites excluding steroid dienone is 1. The second-order valence-corrected chi connectivity index (χ2v) is 10.2. The van der Waals surface area contributed by atoms with Crippen LogP contribution in [0.5, 0.6) is 0 Å². The molecule has 7 atom stereocenters. The molecule has 3 rings (SSSR count). The van der Waals surface area contributed by atoms with E-state index in [0.29, 0.717) is 11.1 Å². The molecule has 3 aliphatic rings. The summed E-state index contributed by atoms with van der Waals surface area (Å²) in [5.41, 5.74) is -3.71. The maximum absolute atomic E-state index is 13.0. The van der Waals surface area contributed by atoms with E-state index >= 15 is 0 Å². The highest BCUT2D eigenvalue weighted by atomic mass is 16.6. The minimum Gasteiger partial charge on any atom is -0.456 e. The number of carbonyl (C=O) groups excluding carboxylic acids is 2. The van der Waals surface area contributed by atoms with E-state index < -0.39 is 51.9 Å². The Bertz CT molecular complexity index is 843. The van der Waals surface area contributed by atoms with Crippen molar-refractivity contribution in [1.29, 1.82) is 0 Å². The van der Waals surface area contributed by atoms with Gasteiger partial charge in [0.2, 0.25) is 0 Å². The first-order valence-corrected chi connectivity index (χ1v) is 10.9. The van der Waals surface area contributed by atoms with Crippen LogP contribution in [0.3, 0.4) is 0 Å². The Labute approximate surface area is 184 Å². The Balaban J connectivity index is 2.08. The van der Waals surface area contributed by atoms with Crippen LogP contribution in [0.2, 0.25) is 0 Å². The number of ketones is 1. The molecule has 7 nitrogen and oxygen atoms in total. The molecule has 0 aliphatic heterocycles. The average Bonchev–Trinajstić information content (AvgIpc) is 3.04. The summed E-state index contributed by atoms with van der Waals surface area (Å²) in [6, 6.07) is 0. The third-order valence-corrected chi connectivity index (χ3v) is 8.40. The lowest BCUT2D eigenvalue weighted by Crippen LogP contribution is -2.63. The number of aliphatic hydroxyl groups excluding tert-OH is 1. The zero-order chi connectivity index (χ0) is 23.6. The van der Waals surface area contributed by atoms with Gasteiger partial charge in [-0.25, -0.2) is 0 Å². The van der Waals surface area contributed by atoms with Gasteiger partial charge in [-0.1, -0.05) is 32.9 Å². The molecular formula is C24H36O7. The van der Waals surface area contributed by atoms with Gasteiger partial charge in [-0.15, -0.1) is 0 Å². The molecule has 0 aromatic heterocycles. The molecule has 0 aromatic rings. The highest BCUT2D eigenvalue weighted by Crippen LogP contribution is 2.74. The zero-order valence-electron chi connectivity index (χ0n) is 19.6. The number of fused-ring (bicyclic) bond motifs is 1. The van der Waals surface area contributed by atoms with Crippen molar-refractivity contribution in [3.63, 3.8) is 0 Å². The SMILES string of the molecule is C/C=C(/CO)C[C@]1(O)C(=O)C(C)=C[C@H]1[C@]1(O)CC2C(C)(C)[C@]2(OC(C)=O)[C@H](OC)[C@H]1C. The molecule has 3 N–H and O–H groups in total. The predicted octanol–water partition coefficient (Wildman–Crippen LogP) is 1.94. The molecule has 2 fully saturated rings. The highest BCUT2D eigenvalue weighted by Gasteiger charge is 2.83. The van der Waals surface area contributed by atoms with E-state index in [2.05, 4.69) is 0 Å².